The Bertz CT molecular complexity index is 997. The maximum atomic E-state index is 12.1. The molecule has 1 heterocycles. The van der Waals surface area contributed by atoms with Gasteiger partial charge in [0.25, 0.3) is 11.6 Å². The number of aromatic amines is 1. The van der Waals surface area contributed by atoms with E-state index in [9.17, 15) is 19.7 Å². The number of aromatic nitrogens is 1. The topological polar surface area (TPSA) is 114 Å². The van der Waals surface area contributed by atoms with Gasteiger partial charge in [-0.15, -0.1) is 0 Å². The van der Waals surface area contributed by atoms with Gasteiger partial charge in [-0.05, 0) is 48.5 Å². The third-order valence-corrected chi connectivity index (χ3v) is 3.78. The second kappa shape index (κ2) is 7.71. The second-order valence-electron chi connectivity index (χ2n) is 5.40. The minimum absolute atomic E-state index is 0.0400. The normalized spacial score (nSPS) is 10.3. The average molecular weight is 386 g/mol. The zero-order valence-electron chi connectivity index (χ0n) is 13.6. The first-order chi connectivity index (χ1) is 12.9. The SMILES string of the molecule is O=C(Nc1ccc(OC(=O)c2cc([N+](=O)[O-])c[nH]2)cc1)c1ccc(Cl)cc1. The number of hydrogen-bond donors (Lipinski definition) is 2. The third kappa shape index (κ3) is 4.50. The van der Waals surface area contributed by atoms with Crippen LogP contribution in [0, 0.1) is 10.1 Å². The lowest BCUT2D eigenvalue weighted by atomic mass is 10.2. The number of amides is 1. The van der Waals surface area contributed by atoms with Crippen molar-refractivity contribution >= 4 is 34.9 Å². The van der Waals surface area contributed by atoms with E-state index in [1.807, 2.05) is 0 Å². The van der Waals surface area contributed by atoms with Gasteiger partial charge < -0.3 is 15.0 Å². The molecule has 0 spiro atoms. The van der Waals surface area contributed by atoms with E-state index in [4.69, 9.17) is 16.3 Å². The average Bonchev–Trinajstić information content (AvgIpc) is 3.14. The van der Waals surface area contributed by atoms with E-state index in [1.165, 1.54) is 12.1 Å². The van der Waals surface area contributed by atoms with E-state index >= 15 is 0 Å². The molecule has 0 aliphatic carbocycles. The first-order valence-electron chi connectivity index (χ1n) is 7.64. The van der Waals surface area contributed by atoms with Gasteiger partial charge in [-0.1, -0.05) is 11.6 Å². The molecule has 0 aliphatic heterocycles. The summed E-state index contributed by atoms with van der Waals surface area (Å²) in [6.45, 7) is 0. The van der Waals surface area contributed by atoms with Crippen LogP contribution in [0.15, 0.2) is 60.8 Å². The highest BCUT2D eigenvalue weighted by molar-refractivity contribution is 6.30. The highest BCUT2D eigenvalue weighted by Crippen LogP contribution is 2.19. The van der Waals surface area contributed by atoms with Crippen LogP contribution in [-0.4, -0.2) is 21.8 Å². The summed E-state index contributed by atoms with van der Waals surface area (Å²) in [6.07, 6.45) is 1.10. The Morgan fingerprint density at radius 3 is 2.33 bits per heavy atom. The lowest BCUT2D eigenvalue weighted by Crippen LogP contribution is -2.12. The second-order valence-corrected chi connectivity index (χ2v) is 5.84. The van der Waals surface area contributed by atoms with Gasteiger partial charge in [0.05, 0.1) is 11.1 Å². The summed E-state index contributed by atoms with van der Waals surface area (Å²) < 4.78 is 5.13. The number of halogens is 1. The molecule has 3 rings (SSSR count). The third-order valence-electron chi connectivity index (χ3n) is 3.53. The summed E-state index contributed by atoms with van der Waals surface area (Å²) in [4.78, 5) is 36.6. The van der Waals surface area contributed by atoms with Gasteiger partial charge in [0.15, 0.2) is 0 Å². The lowest BCUT2D eigenvalue weighted by molar-refractivity contribution is -0.384. The Kier molecular flexibility index (Phi) is 5.18. The number of hydrogen-bond acceptors (Lipinski definition) is 5. The molecule has 2 aromatic carbocycles. The molecule has 3 aromatic rings. The van der Waals surface area contributed by atoms with E-state index in [2.05, 4.69) is 10.3 Å². The van der Waals surface area contributed by atoms with Crippen LogP contribution < -0.4 is 10.1 Å². The number of nitrogens with one attached hydrogen (secondary N) is 2. The predicted molar refractivity (Wildman–Crippen MR) is 98.3 cm³/mol. The summed E-state index contributed by atoms with van der Waals surface area (Å²) in [5.41, 5.74) is 0.678. The van der Waals surface area contributed by atoms with Gasteiger partial charge in [0, 0.05) is 22.3 Å². The van der Waals surface area contributed by atoms with Gasteiger partial charge in [-0.2, -0.15) is 0 Å². The van der Waals surface area contributed by atoms with Gasteiger partial charge in [-0.25, -0.2) is 4.79 Å². The molecule has 0 saturated carbocycles. The quantitative estimate of drug-likeness (QED) is 0.297. The molecule has 9 heteroatoms. The molecular formula is C18H12ClN3O5. The van der Waals surface area contributed by atoms with Crippen LogP contribution >= 0.6 is 11.6 Å². The van der Waals surface area contributed by atoms with Gasteiger partial charge in [0.2, 0.25) is 0 Å². The molecule has 1 amide bonds. The first kappa shape index (κ1) is 18.2. The number of esters is 1. The van der Waals surface area contributed by atoms with Crippen molar-refractivity contribution in [3.63, 3.8) is 0 Å². The number of carbonyl (C=O) groups is 2. The molecule has 2 N–H and O–H groups in total. The van der Waals surface area contributed by atoms with Gasteiger partial charge in [0.1, 0.15) is 11.4 Å². The van der Waals surface area contributed by atoms with Crippen molar-refractivity contribution in [3.05, 3.63) is 87.2 Å². The Morgan fingerprint density at radius 1 is 1.07 bits per heavy atom. The van der Waals surface area contributed by atoms with Crippen molar-refractivity contribution in [3.8, 4) is 5.75 Å². The van der Waals surface area contributed by atoms with Crippen LogP contribution in [-0.2, 0) is 0 Å². The smallest absolute Gasteiger partial charge is 0.360 e. The van der Waals surface area contributed by atoms with Gasteiger partial charge >= 0.3 is 5.97 Å². The zero-order valence-corrected chi connectivity index (χ0v) is 14.4. The van der Waals surface area contributed by atoms with Crippen LogP contribution in [0.1, 0.15) is 20.8 Å². The summed E-state index contributed by atoms with van der Waals surface area (Å²) in [5, 5.41) is 13.9. The molecule has 136 valence electrons. The molecular weight excluding hydrogens is 374 g/mol. The molecule has 27 heavy (non-hydrogen) atoms. The van der Waals surface area contributed by atoms with E-state index in [0.717, 1.165) is 12.3 Å². The summed E-state index contributed by atoms with van der Waals surface area (Å²) in [6, 6.07) is 13.6. The standard InChI is InChI=1S/C18H12ClN3O5/c19-12-3-1-11(2-4-12)17(23)21-13-5-7-15(8-6-13)27-18(24)16-9-14(10-20-16)22(25)26/h1-10,20H,(H,21,23). The molecule has 0 unspecified atom stereocenters. The summed E-state index contributed by atoms with van der Waals surface area (Å²) in [5.74, 6) is -0.849. The fourth-order valence-corrected chi connectivity index (χ4v) is 2.31. The molecule has 0 fully saturated rings. The van der Waals surface area contributed by atoms with Gasteiger partial charge in [-0.3, -0.25) is 14.9 Å². The molecule has 0 bridgehead atoms. The Labute approximate surface area is 157 Å². The van der Waals surface area contributed by atoms with Crippen molar-refractivity contribution in [1.82, 2.24) is 4.98 Å². The Morgan fingerprint density at radius 2 is 1.74 bits per heavy atom. The molecule has 0 atom stereocenters. The minimum atomic E-state index is -0.763. The van der Waals surface area contributed by atoms with Crippen molar-refractivity contribution in [2.75, 3.05) is 5.32 Å². The number of ether oxygens (including phenoxy) is 1. The molecule has 1 aromatic heterocycles. The van der Waals surface area contributed by atoms with Crippen molar-refractivity contribution in [2.24, 2.45) is 0 Å². The maximum absolute atomic E-state index is 12.1. The number of benzene rings is 2. The Balaban J connectivity index is 1.62. The largest absolute Gasteiger partial charge is 0.422 e. The molecule has 0 radical (unpaired) electrons. The number of nitrogens with zero attached hydrogens (tertiary/aromatic N) is 1. The Hall–Kier alpha value is -3.65. The highest BCUT2D eigenvalue weighted by Gasteiger charge is 2.16. The van der Waals surface area contributed by atoms with Crippen LogP contribution in [0.3, 0.4) is 0 Å². The van der Waals surface area contributed by atoms with Crippen LogP contribution in [0.4, 0.5) is 11.4 Å². The number of H-pyrrole nitrogens is 1. The van der Waals surface area contributed by atoms with E-state index in [0.29, 0.717) is 16.3 Å². The minimum Gasteiger partial charge on any atom is -0.422 e. The number of carbonyl (C=O) groups excluding carboxylic acids is 2. The van der Waals surface area contributed by atoms with Crippen molar-refractivity contribution < 1.29 is 19.2 Å². The highest BCUT2D eigenvalue weighted by atomic mass is 35.5. The molecule has 0 aliphatic rings. The van der Waals surface area contributed by atoms with E-state index < -0.39 is 10.9 Å². The number of anilines is 1. The van der Waals surface area contributed by atoms with E-state index in [-0.39, 0.29) is 23.0 Å². The monoisotopic (exact) mass is 385 g/mol. The fraction of sp³-hybridized carbons (Fsp3) is 0. The lowest BCUT2D eigenvalue weighted by Gasteiger charge is -2.07. The summed E-state index contributed by atoms with van der Waals surface area (Å²) >= 11 is 5.79. The first-order valence-corrected chi connectivity index (χ1v) is 8.02. The van der Waals surface area contributed by atoms with Crippen molar-refractivity contribution in [1.29, 1.82) is 0 Å². The van der Waals surface area contributed by atoms with Crippen LogP contribution in [0.25, 0.3) is 0 Å². The molecule has 0 saturated heterocycles. The fourth-order valence-electron chi connectivity index (χ4n) is 2.18. The number of rotatable bonds is 5. The van der Waals surface area contributed by atoms with Crippen LogP contribution in [0.5, 0.6) is 5.75 Å². The molecule has 8 nitrogen and oxygen atoms in total. The van der Waals surface area contributed by atoms with Crippen LogP contribution in [0.2, 0.25) is 5.02 Å². The van der Waals surface area contributed by atoms with Crippen molar-refractivity contribution in [2.45, 2.75) is 0 Å². The zero-order chi connectivity index (χ0) is 19.4. The maximum Gasteiger partial charge on any atom is 0.360 e. The number of nitro groups is 1. The summed E-state index contributed by atoms with van der Waals surface area (Å²) in [7, 11) is 0. The van der Waals surface area contributed by atoms with E-state index in [1.54, 1.807) is 36.4 Å². The predicted octanol–water partition coefficient (Wildman–Crippen LogP) is 4.05.